The molecule has 1 aliphatic rings. The lowest BCUT2D eigenvalue weighted by Gasteiger charge is -2.24. The molecule has 0 unspecified atom stereocenters. The normalized spacial score (nSPS) is 17.1. The second kappa shape index (κ2) is 3.92. The van der Waals surface area contributed by atoms with Gasteiger partial charge >= 0.3 is 5.97 Å². The zero-order valence-electron chi connectivity index (χ0n) is 9.79. The third-order valence-electron chi connectivity index (χ3n) is 3.37. The van der Waals surface area contributed by atoms with E-state index in [-0.39, 0.29) is 6.42 Å². The van der Waals surface area contributed by atoms with Crippen LogP contribution in [0, 0.1) is 0 Å². The predicted molar refractivity (Wildman–Crippen MR) is 60.5 cm³/mol. The molecule has 1 saturated carbocycles. The van der Waals surface area contributed by atoms with Crippen molar-refractivity contribution in [3.05, 3.63) is 17.7 Å². The standard InChI is InChI=1S/C12H18N2O2/c1-12(2,6-10(15)16)11-13-7-9(14-11)8-4-3-5-8/h7-8H,3-6H2,1-2H3,(H,13,14)(H,15,16). The Labute approximate surface area is 95.1 Å². The summed E-state index contributed by atoms with van der Waals surface area (Å²) in [5, 5.41) is 8.84. The average Bonchev–Trinajstić information content (AvgIpc) is 2.47. The van der Waals surface area contributed by atoms with Crippen LogP contribution in [0.2, 0.25) is 0 Å². The van der Waals surface area contributed by atoms with Crippen molar-refractivity contribution in [2.24, 2.45) is 0 Å². The molecule has 1 aromatic heterocycles. The summed E-state index contributed by atoms with van der Waals surface area (Å²) in [7, 11) is 0. The molecular formula is C12H18N2O2. The minimum Gasteiger partial charge on any atom is -0.481 e. The van der Waals surface area contributed by atoms with Crippen molar-refractivity contribution in [2.75, 3.05) is 0 Å². The Balaban J connectivity index is 2.13. The third kappa shape index (κ3) is 2.10. The third-order valence-corrected chi connectivity index (χ3v) is 3.37. The predicted octanol–water partition coefficient (Wildman–Crippen LogP) is 2.43. The van der Waals surface area contributed by atoms with Gasteiger partial charge < -0.3 is 10.1 Å². The molecule has 2 N–H and O–H groups in total. The van der Waals surface area contributed by atoms with Gasteiger partial charge in [0.05, 0.1) is 6.42 Å². The molecule has 0 atom stereocenters. The smallest absolute Gasteiger partial charge is 0.304 e. The Morgan fingerprint density at radius 1 is 1.62 bits per heavy atom. The van der Waals surface area contributed by atoms with E-state index in [9.17, 15) is 4.79 Å². The fourth-order valence-electron chi connectivity index (χ4n) is 2.07. The van der Waals surface area contributed by atoms with Crippen LogP contribution in [0.25, 0.3) is 0 Å². The molecule has 4 nitrogen and oxygen atoms in total. The van der Waals surface area contributed by atoms with Crippen molar-refractivity contribution in [1.29, 1.82) is 0 Å². The Morgan fingerprint density at radius 3 is 2.81 bits per heavy atom. The van der Waals surface area contributed by atoms with Crippen molar-refractivity contribution in [2.45, 2.75) is 50.9 Å². The van der Waals surface area contributed by atoms with Crippen LogP contribution in [0.5, 0.6) is 0 Å². The molecule has 0 aliphatic heterocycles. The molecule has 1 heterocycles. The summed E-state index contributed by atoms with van der Waals surface area (Å²) in [6.07, 6.45) is 5.70. The van der Waals surface area contributed by atoms with Crippen LogP contribution in [0.4, 0.5) is 0 Å². The van der Waals surface area contributed by atoms with Gasteiger partial charge in [0.15, 0.2) is 0 Å². The van der Waals surface area contributed by atoms with Gasteiger partial charge in [-0.3, -0.25) is 4.79 Å². The van der Waals surface area contributed by atoms with Crippen molar-refractivity contribution in [3.63, 3.8) is 0 Å². The first-order valence-electron chi connectivity index (χ1n) is 5.76. The molecule has 16 heavy (non-hydrogen) atoms. The lowest BCUT2D eigenvalue weighted by molar-refractivity contribution is -0.138. The first-order valence-corrected chi connectivity index (χ1v) is 5.76. The van der Waals surface area contributed by atoms with Crippen LogP contribution in [-0.2, 0) is 10.2 Å². The lowest BCUT2D eigenvalue weighted by Crippen LogP contribution is -2.23. The van der Waals surface area contributed by atoms with E-state index in [2.05, 4.69) is 9.97 Å². The molecule has 0 saturated heterocycles. The summed E-state index contributed by atoms with van der Waals surface area (Å²) in [5.74, 6) is 0.616. The fraction of sp³-hybridized carbons (Fsp3) is 0.667. The molecule has 1 aromatic rings. The van der Waals surface area contributed by atoms with Crippen LogP contribution in [0.1, 0.15) is 57.0 Å². The number of carbonyl (C=O) groups is 1. The van der Waals surface area contributed by atoms with E-state index in [1.165, 1.54) is 25.0 Å². The van der Waals surface area contributed by atoms with Crippen LogP contribution < -0.4 is 0 Å². The first-order chi connectivity index (χ1) is 7.49. The maximum Gasteiger partial charge on any atom is 0.304 e. The number of nitrogens with zero attached hydrogens (tertiary/aromatic N) is 1. The number of aromatic nitrogens is 2. The average molecular weight is 222 g/mol. The van der Waals surface area contributed by atoms with Crippen LogP contribution in [0.3, 0.4) is 0 Å². The fourth-order valence-corrected chi connectivity index (χ4v) is 2.07. The largest absolute Gasteiger partial charge is 0.481 e. The Kier molecular flexibility index (Phi) is 2.74. The van der Waals surface area contributed by atoms with Crippen molar-refractivity contribution < 1.29 is 9.90 Å². The van der Waals surface area contributed by atoms with Gasteiger partial charge in [-0.25, -0.2) is 4.98 Å². The summed E-state index contributed by atoms with van der Waals surface area (Å²) in [4.78, 5) is 18.4. The van der Waals surface area contributed by atoms with Crippen LogP contribution >= 0.6 is 0 Å². The SMILES string of the molecule is CC(C)(CC(=O)O)c1ncc(C2CCC2)[nH]1. The minimum atomic E-state index is -0.786. The van der Waals surface area contributed by atoms with E-state index in [0.29, 0.717) is 5.92 Å². The number of imidazole rings is 1. The van der Waals surface area contributed by atoms with Crippen LogP contribution in [0.15, 0.2) is 6.20 Å². The topological polar surface area (TPSA) is 66.0 Å². The minimum absolute atomic E-state index is 0.102. The summed E-state index contributed by atoms with van der Waals surface area (Å²) in [5.41, 5.74) is 0.744. The molecule has 2 rings (SSSR count). The molecule has 0 spiro atoms. The van der Waals surface area contributed by atoms with Gasteiger partial charge in [0.2, 0.25) is 0 Å². The number of nitrogens with one attached hydrogen (secondary N) is 1. The molecule has 0 bridgehead atoms. The number of aliphatic carboxylic acids is 1. The first kappa shape index (κ1) is 11.2. The van der Waals surface area contributed by atoms with Gasteiger partial charge in [0, 0.05) is 23.2 Å². The molecule has 88 valence electrons. The Hall–Kier alpha value is -1.32. The van der Waals surface area contributed by atoms with E-state index < -0.39 is 11.4 Å². The molecule has 0 aromatic carbocycles. The molecule has 4 heteroatoms. The molecule has 0 radical (unpaired) electrons. The lowest BCUT2D eigenvalue weighted by atomic mass is 9.83. The van der Waals surface area contributed by atoms with Gasteiger partial charge in [-0.15, -0.1) is 0 Å². The molecule has 1 fully saturated rings. The number of H-pyrrole nitrogens is 1. The number of hydrogen-bond donors (Lipinski definition) is 2. The second-order valence-electron chi connectivity index (χ2n) is 5.27. The molecule has 1 aliphatic carbocycles. The second-order valence-corrected chi connectivity index (χ2v) is 5.27. The van der Waals surface area contributed by atoms with E-state index in [1.54, 1.807) is 0 Å². The van der Waals surface area contributed by atoms with Gasteiger partial charge in [-0.2, -0.15) is 0 Å². The van der Waals surface area contributed by atoms with Gasteiger partial charge in [0.1, 0.15) is 5.82 Å². The summed E-state index contributed by atoms with van der Waals surface area (Å²) in [6.45, 7) is 3.81. The van der Waals surface area contributed by atoms with Crippen molar-refractivity contribution in [1.82, 2.24) is 9.97 Å². The van der Waals surface area contributed by atoms with Gasteiger partial charge in [0.25, 0.3) is 0 Å². The maximum absolute atomic E-state index is 10.8. The highest BCUT2D eigenvalue weighted by Gasteiger charge is 2.29. The Bertz CT molecular complexity index is 391. The number of aromatic amines is 1. The van der Waals surface area contributed by atoms with Crippen molar-refractivity contribution >= 4 is 5.97 Å². The zero-order chi connectivity index (χ0) is 11.8. The highest BCUT2D eigenvalue weighted by atomic mass is 16.4. The highest BCUT2D eigenvalue weighted by molar-refractivity contribution is 5.68. The summed E-state index contributed by atoms with van der Waals surface area (Å²) in [6, 6.07) is 0. The molecule has 0 amide bonds. The number of carboxylic acid groups (broad SMARTS) is 1. The maximum atomic E-state index is 10.8. The monoisotopic (exact) mass is 222 g/mol. The van der Waals surface area contributed by atoms with E-state index in [0.717, 1.165) is 5.82 Å². The van der Waals surface area contributed by atoms with E-state index >= 15 is 0 Å². The number of carboxylic acids is 1. The summed E-state index contributed by atoms with van der Waals surface area (Å²) >= 11 is 0. The number of rotatable bonds is 4. The van der Waals surface area contributed by atoms with E-state index in [1.807, 2.05) is 20.0 Å². The quantitative estimate of drug-likeness (QED) is 0.822. The zero-order valence-corrected chi connectivity index (χ0v) is 9.79. The van der Waals surface area contributed by atoms with E-state index in [4.69, 9.17) is 5.11 Å². The summed E-state index contributed by atoms with van der Waals surface area (Å²) < 4.78 is 0. The highest BCUT2D eigenvalue weighted by Crippen LogP contribution is 2.36. The Morgan fingerprint density at radius 2 is 2.31 bits per heavy atom. The van der Waals surface area contributed by atoms with Gasteiger partial charge in [-0.05, 0) is 12.8 Å². The van der Waals surface area contributed by atoms with Crippen LogP contribution in [-0.4, -0.2) is 21.0 Å². The van der Waals surface area contributed by atoms with Gasteiger partial charge in [-0.1, -0.05) is 20.3 Å². The van der Waals surface area contributed by atoms with Crippen molar-refractivity contribution in [3.8, 4) is 0 Å². The molecular weight excluding hydrogens is 204 g/mol. The number of hydrogen-bond acceptors (Lipinski definition) is 2.